The molecule has 0 atom stereocenters. The largest absolute Gasteiger partial charge is 0.497 e. The van der Waals surface area contributed by atoms with Gasteiger partial charge in [-0.15, -0.1) is 11.3 Å². The van der Waals surface area contributed by atoms with Gasteiger partial charge in [0, 0.05) is 47.9 Å². The summed E-state index contributed by atoms with van der Waals surface area (Å²) in [5.41, 5.74) is 3.04. The highest BCUT2D eigenvalue weighted by Crippen LogP contribution is 2.35. The number of hydrogen-bond acceptors (Lipinski definition) is 6. The molecule has 3 aromatic rings. The molecule has 7 heteroatoms. The van der Waals surface area contributed by atoms with E-state index in [1.54, 1.807) is 18.4 Å². The maximum Gasteiger partial charge on any atom is 0.226 e. The van der Waals surface area contributed by atoms with Crippen LogP contribution in [0.2, 0.25) is 0 Å². The minimum Gasteiger partial charge on any atom is -0.497 e. The first kappa shape index (κ1) is 23.1. The number of rotatable bonds is 8. The second-order valence-corrected chi connectivity index (χ2v) is 10.8. The summed E-state index contributed by atoms with van der Waals surface area (Å²) in [6, 6.07) is 8.60. The van der Waals surface area contributed by atoms with Crippen LogP contribution in [0, 0.1) is 12.8 Å². The third-order valence-electron chi connectivity index (χ3n) is 7.07. The van der Waals surface area contributed by atoms with Crippen molar-refractivity contribution in [1.29, 1.82) is 0 Å². The van der Waals surface area contributed by atoms with Crippen molar-refractivity contribution in [2.45, 2.75) is 71.0 Å². The molecule has 0 saturated heterocycles. The molecule has 2 aromatic heterocycles. The van der Waals surface area contributed by atoms with Crippen LogP contribution in [-0.2, 0) is 17.9 Å². The lowest BCUT2D eigenvalue weighted by Gasteiger charge is -2.31. The van der Waals surface area contributed by atoms with Crippen LogP contribution in [0.3, 0.4) is 0 Å². The molecule has 2 aliphatic carbocycles. The number of pyridine rings is 1. The molecule has 1 amide bonds. The van der Waals surface area contributed by atoms with E-state index >= 15 is 0 Å². The van der Waals surface area contributed by atoms with Crippen LogP contribution in [0.1, 0.15) is 61.2 Å². The van der Waals surface area contributed by atoms with Crippen LogP contribution in [0.25, 0.3) is 10.9 Å². The Morgan fingerprint density at radius 2 is 1.88 bits per heavy atom. The van der Waals surface area contributed by atoms with Crippen LogP contribution in [-0.4, -0.2) is 41.0 Å². The van der Waals surface area contributed by atoms with Gasteiger partial charge in [-0.25, -0.2) is 9.97 Å². The molecule has 5 rings (SSSR count). The Morgan fingerprint density at radius 1 is 1.09 bits per heavy atom. The summed E-state index contributed by atoms with van der Waals surface area (Å²) in [5, 5.41) is 4.25. The van der Waals surface area contributed by atoms with Crippen molar-refractivity contribution in [1.82, 2.24) is 14.9 Å². The molecule has 0 spiro atoms. The van der Waals surface area contributed by atoms with Crippen molar-refractivity contribution in [3.05, 3.63) is 45.9 Å². The second kappa shape index (κ2) is 9.90. The number of nitrogens with zero attached hydrogens (tertiary/aromatic N) is 4. The predicted molar refractivity (Wildman–Crippen MR) is 137 cm³/mol. The number of ether oxygens (including phenoxy) is 1. The van der Waals surface area contributed by atoms with E-state index in [1.807, 2.05) is 19.1 Å². The molecule has 0 bridgehead atoms. The molecule has 180 valence electrons. The van der Waals surface area contributed by atoms with Gasteiger partial charge in [0.2, 0.25) is 5.91 Å². The van der Waals surface area contributed by atoms with Crippen molar-refractivity contribution in [3.63, 3.8) is 0 Å². The van der Waals surface area contributed by atoms with Gasteiger partial charge in [-0.3, -0.25) is 4.79 Å². The number of aryl methyl sites for hydroxylation is 1. The summed E-state index contributed by atoms with van der Waals surface area (Å²) in [4.78, 5) is 27.6. The van der Waals surface area contributed by atoms with Gasteiger partial charge in [0.1, 0.15) is 11.6 Å². The van der Waals surface area contributed by atoms with E-state index < -0.39 is 0 Å². The number of methoxy groups -OCH3 is 1. The van der Waals surface area contributed by atoms with E-state index in [1.165, 1.54) is 19.3 Å². The molecule has 0 radical (unpaired) electrons. The predicted octanol–water partition coefficient (Wildman–Crippen LogP) is 5.72. The Bertz CT molecular complexity index is 1170. The van der Waals surface area contributed by atoms with Crippen molar-refractivity contribution >= 4 is 34.0 Å². The standard InChI is InChI=1S/C27H34N4O2S/c1-18-28-22(17-34-18)16-30(2)26-21(13-20-9-12-24(33-3)14-25(20)29-26)15-31(23-10-11-23)27(32)19-7-5-4-6-8-19/h9,12-14,17,19,23H,4-8,10-11,15-16H2,1-3H3. The number of anilines is 1. The molecule has 2 fully saturated rings. The second-order valence-electron chi connectivity index (χ2n) is 9.78. The average molecular weight is 479 g/mol. The monoisotopic (exact) mass is 478 g/mol. The fraction of sp³-hybridized carbons (Fsp3) is 0.519. The minimum atomic E-state index is 0.186. The molecule has 0 unspecified atom stereocenters. The Hall–Kier alpha value is -2.67. The first-order valence-corrected chi connectivity index (χ1v) is 13.3. The lowest BCUT2D eigenvalue weighted by Crippen LogP contribution is -2.38. The smallest absolute Gasteiger partial charge is 0.226 e. The van der Waals surface area contributed by atoms with Gasteiger partial charge >= 0.3 is 0 Å². The quantitative estimate of drug-likeness (QED) is 0.415. The van der Waals surface area contributed by atoms with E-state index in [9.17, 15) is 4.79 Å². The van der Waals surface area contributed by atoms with Crippen LogP contribution in [0.15, 0.2) is 29.6 Å². The summed E-state index contributed by atoms with van der Waals surface area (Å²) in [6.07, 6.45) is 7.91. The van der Waals surface area contributed by atoms with Gasteiger partial charge in [0.25, 0.3) is 0 Å². The highest BCUT2D eigenvalue weighted by molar-refractivity contribution is 7.09. The van der Waals surface area contributed by atoms with Crippen molar-refractivity contribution in [2.75, 3.05) is 19.1 Å². The lowest BCUT2D eigenvalue weighted by atomic mass is 9.88. The van der Waals surface area contributed by atoms with Crippen molar-refractivity contribution < 1.29 is 9.53 Å². The fourth-order valence-electron chi connectivity index (χ4n) is 5.09. The Labute approximate surface area is 206 Å². The highest BCUT2D eigenvalue weighted by atomic mass is 32.1. The highest BCUT2D eigenvalue weighted by Gasteiger charge is 2.36. The Balaban J connectivity index is 1.49. The maximum absolute atomic E-state index is 13.6. The number of carbonyl (C=O) groups excluding carboxylic acids is 1. The normalized spacial score (nSPS) is 16.6. The topological polar surface area (TPSA) is 58.6 Å². The molecule has 34 heavy (non-hydrogen) atoms. The maximum atomic E-state index is 13.6. The summed E-state index contributed by atoms with van der Waals surface area (Å²) >= 11 is 1.67. The zero-order valence-corrected chi connectivity index (χ0v) is 21.2. The van der Waals surface area contributed by atoms with Gasteiger partial charge in [0.05, 0.1) is 29.9 Å². The first-order valence-electron chi connectivity index (χ1n) is 12.4. The van der Waals surface area contributed by atoms with E-state index in [4.69, 9.17) is 9.72 Å². The number of fused-ring (bicyclic) bond motifs is 1. The van der Waals surface area contributed by atoms with Crippen LogP contribution < -0.4 is 9.64 Å². The van der Waals surface area contributed by atoms with E-state index in [0.717, 1.165) is 64.4 Å². The van der Waals surface area contributed by atoms with Crippen LogP contribution in [0.4, 0.5) is 5.82 Å². The van der Waals surface area contributed by atoms with Gasteiger partial charge in [-0.2, -0.15) is 0 Å². The minimum absolute atomic E-state index is 0.186. The molecule has 2 heterocycles. The molecule has 1 aromatic carbocycles. The molecule has 2 aliphatic rings. The van der Waals surface area contributed by atoms with Gasteiger partial charge in [-0.05, 0) is 50.8 Å². The summed E-state index contributed by atoms with van der Waals surface area (Å²) in [7, 11) is 3.74. The first-order chi connectivity index (χ1) is 16.5. The molecule has 0 aliphatic heterocycles. The van der Waals surface area contributed by atoms with Crippen molar-refractivity contribution in [2.24, 2.45) is 5.92 Å². The van der Waals surface area contributed by atoms with E-state index in [2.05, 4.69) is 39.3 Å². The van der Waals surface area contributed by atoms with Gasteiger partial charge < -0.3 is 14.5 Å². The SMILES string of the molecule is COc1ccc2cc(CN(C(=O)C3CCCCC3)C3CC3)c(N(C)Cc3csc(C)n3)nc2c1. The lowest BCUT2D eigenvalue weighted by molar-refractivity contribution is -0.137. The summed E-state index contributed by atoms with van der Waals surface area (Å²) in [6.45, 7) is 3.33. The fourth-order valence-corrected chi connectivity index (χ4v) is 5.70. The molecule has 6 nitrogen and oxygen atoms in total. The number of aromatic nitrogens is 2. The molecule has 2 saturated carbocycles. The van der Waals surface area contributed by atoms with Crippen LogP contribution in [0.5, 0.6) is 5.75 Å². The number of benzene rings is 1. The third-order valence-corrected chi connectivity index (χ3v) is 7.90. The molecule has 0 N–H and O–H groups in total. The van der Waals surface area contributed by atoms with Crippen molar-refractivity contribution in [3.8, 4) is 5.75 Å². The average Bonchev–Trinajstić information content (AvgIpc) is 3.62. The summed E-state index contributed by atoms with van der Waals surface area (Å²) in [5.74, 6) is 2.24. The van der Waals surface area contributed by atoms with Gasteiger partial charge in [0.15, 0.2) is 0 Å². The number of hydrogen-bond donors (Lipinski definition) is 0. The van der Waals surface area contributed by atoms with Gasteiger partial charge in [-0.1, -0.05) is 19.3 Å². The Kier molecular flexibility index (Phi) is 6.73. The Morgan fingerprint density at radius 3 is 2.56 bits per heavy atom. The number of amides is 1. The zero-order chi connectivity index (χ0) is 23.7. The number of carbonyl (C=O) groups is 1. The van der Waals surface area contributed by atoms with E-state index in [0.29, 0.717) is 25.0 Å². The third kappa shape index (κ3) is 5.04. The van der Waals surface area contributed by atoms with E-state index in [-0.39, 0.29) is 5.92 Å². The molecular weight excluding hydrogens is 444 g/mol. The van der Waals surface area contributed by atoms with Crippen LogP contribution >= 0.6 is 11.3 Å². The zero-order valence-electron chi connectivity index (χ0n) is 20.4. The molecular formula is C27H34N4O2S. The summed E-state index contributed by atoms with van der Waals surface area (Å²) < 4.78 is 5.44. The number of thiazole rings is 1.